The summed E-state index contributed by atoms with van der Waals surface area (Å²) in [5, 5.41) is 0. The highest BCUT2D eigenvalue weighted by Gasteiger charge is 2.48. The molecule has 2 unspecified atom stereocenters. The van der Waals surface area contributed by atoms with Crippen LogP contribution in [-0.4, -0.2) is 11.0 Å². The highest BCUT2D eigenvalue weighted by molar-refractivity contribution is 5.14. The molecule has 0 amide bonds. The van der Waals surface area contributed by atoms with Crippen LogP contribution in [0.25, 0.3) is 0 Å². The van der Waals surface area contributed by atoms with E-state index in [2.05, 4.69) is 37.9 Å². The minimum atomic E-state index is 0.273. The number of aryl methyl sites for hydroxylation is 1. The van der Waals surface area contributed by atoms with Crippen LogP contribution in [0.2, 0.25) is 0 Å². The van der Waals surface area contributed by atoms with E-state index in [9.17, 15) is 0 Å². The van der Waals surface area contributed by atoms with Gasteiger partial charge in [-0.1, -0.05) is 19.9 Å². The third-order valence-corrected chi connectivity index (χ3v) is 3.52. The molecule has 1 fully saturated rings. The molecule has 82 valence electrons. The van der Waals surface area contributed by atoms with Crippen molar-refractivity contribution in [2.24, 2.45) is 17.1 Å². The van der Waals surface area contributed by atoms with Crippen LogP contribution in [0, 0.1) is 18.3 Å². The molecule has 2 N–H and O–H groups in total. The lowest BCUT2D eigenvalue weighted by Gasteiger charge is -2.12. The Kier molecular flexibility index (Phi) is 2.55. The zero-order valence-corrected chi connectivity index (χ0v) is 9.83. The van der Waals surface area contributed by atoms with Crippen molar-refractivity contribution in [3.8, 4) is 0 Å². The molecule has 2 atom stereocenters. The molecular formula is C13H20N2. The predicted molar refractivity (Wildman–Crippen MR) is 62.5 cm³/mol. The zero-order chi connectivity index (χ0) is 11.1. The van der Waals surface area contributed by atoms with E-state index in [1.807, 2.05) is 6.20 Å². The molecule has 0 radical (unpaired) electrons. The number of nitrogens with zero attached hydrogens (tertiary/aromatic N) is 1. The summed E-state index contributed by atoms with van der Waals surface area (Å²) in [6.45, 7) is 6.64. The minimum Gasteiger partial charge on any atom is -0.327 e. The van der Waals surface area contributed by atoms with Gasteiger partial charge in [-0.2, -0.15) is 0 Å². The quantitative estimate of drug-likeness (QED) is 0.820. The first kappa shape index (κ1) is 10.6. The van der Waals surface area contributed by atoms with Crippen LogP contribution in [0.5, 0.6) is 0 Å². The molecule has 0 bridgehead atoms. The SMILES string of the molecule is Cc1ccc(CC(N)C2CC2(C)C)nc1. The normalized spacial score (nSPS) is 24.9. The second kappa shape index (κ2) is 3.60. The highest BCUT2D eigenvalue weighted by Crippen LogP contribution is 2.53. The molecule has 1 saturated carbocycles. The largest absolute Gasteiger partial charge is 0.327 e. The van der Waals surface area contributed by atoms with Crippen LogP contribution in [0.3, 0.4) is 0 Å². The molecule has 2 heteroatoms. The van der Waals surface area contributed by atoms with Gasteiger partial charge in [0.05, 0.1) is 0 Å². The lowest BCUT2D eigenvalue weighted by atomic mass is 10.0. The van der Waals surface area contributed by atoms with E-state index in [1.54, 1.807) is 0 Å². The molecule has 0 aliphatic heterocycles. The molecule has 1 heterocycles. The van der Waals surface area contributed by atoms with Gasteiger partial charge in [0, 0.05) is 24.4 Å². The Balaban J connectivity index is 1.95. The maximum atomic E-state index is 6.18. The Morgan fingerprint density at radius 1 is 1.53 bits per heavy atom. The van der Waals surface area contributed by atoms with Crippen LogP contribution in [0.4, 0.5) is 0 Å². The summed E-state index contributed by atoms with van der Waals surface area (Å²) in [7, 11) is 0. The number of pyridine rings is 1. The molecule has 0 aromatic carbocycles. The van der Waals surface area contributed by atoms with E-state index in [4.69, 9.17) is 5.73 Å². The van der Waals surface area contributed by atoms with Gasteiger partial charge in [-0.3, -0.25) is 4.98 Å². The molecule has 2 nitrogen and oxygen atoms in total. The van der Waals surface area contributed by atoms with E-state index < -0.39 is 0 Å². The topological polar surface area (TPSA) is 38.9 Å². The summed E-state index contributed by atoms with van der Waals surface area (Å²) in [4.78, 5) is 4.40. The van der Waals surface area contributed by atoms with Crippen molar-refractivity contribution < 1.29 is 0 Å². The zero-order valence-electron chi connectivity index (χ0n) is 9.83. The van der Waals surface area contributed by atoms with Gasteiger partial charge in [0.2, 0.25) is 0 Å². The van der Waals surface area contributed by atoms with Crippen LogP contribution in [0.1, 0.15) is 31.5 Å². The molecule has 0 spiro atoms. The van der Waals surface area contributed by atoms with Crippen LogP contribution >= 0.6 is 0 Å². The standard InChI is InChI=1S/C13H20N2/c1-9-4-5-10(15-8-9)6-12(14)11-7-13(11,2)3/h4-5,8,11-12H,6-7,14H2,1-3H3. The maximum Gasteiger partial charge on any atom is 0.0419 e. The van der Waals surface area contributed by atoms with Crippen LogP contribution in [-0.2, 0) is 6.42 Å². The van der Waals surface area contributed by atoms with E-state index in [0.717, 1.165) is 12.1 Å². The lowest BCUT2D eigenvalue weighted by Crippen LogP contribution is -2.27. The van der Waals surface area contributed by atoms with Crippen LogP contribution < -0.4 is 5.73 Å². The summed E-state index contributed by atoms with van der Waals surface area (Å²) in [6, 6.07) is 4.47. The summed E-state index contributed by atoms with van der Waals surface area (Å²) in [5.74, 6) is 0.681. The van der Waals surface area contributed by atoms with Crippen LogP contribution in [0.15, 0.2) is 18.3 Å². The first-order valence-corrected chi connectivity index (χ1v) is 5.66. The summed E-state index contributed by atoms with van der Waals surface area (Å²) in [6.07, 6.45) is 4.09. The minimum absolute atomic E-state index is 0.273. The van der Waals surface area contributed by atoms with Crippen molar-refractivity contribution in [2.45, 2.75) is 39.7 Å². The number of hydrogen-bond acceptors (Lipinski definition) is 2. The first-order chi connectivity index (χ1) is 6.99. The second-order valence-corrected chi connectivity index (χ2v) is 5.49. The van der Waals surface area contributed by atoms with Gasteiger partial charge in [0.25, 0.3) is 0 Å². The smallest absolute Gasteiger partial charge is 0.0419 e. The Bertz CT molecular complexity index is 340. The van der Waals surface area contributed by atoms with Crippen molar-refractivity contribution in [2.75, 3.05) is 0 Å². The number of aromatic nitrogens is 1. The molecule has 1 aliphatic carbocycles. The average molecular weight is 204 g/mol. The van der Waals surface area contributed by atoms with E-state index in [1.165, 1.54) is 12.0 Å². The van der Waals surface area contributed by atoms with Crippen molar-refractivity contribution in [1.82, 2.24) is 4.98 Å². The van der Waals surface area contributed by atoms with Crippen molar-refractivity contribution in [3.05, 3.63) is 29.6 Å². The van der Waals surface area contributed by atoms with Crippen molar-refractivity contribution >= 4 is 0 Å². The third-order valence-electron chi connectivity index (χ3n) is 3.52. The number of nitrogens with two attached hydrogens (primary N) is 1. The fraction of sp³-hybridized carbons (Fsp3) is 0.615. The van der Waals surface area contributed by atoms with Gasteiger partial charge in [0.1, 0.15) is 0 Å². The van der Waals surface area contributed by atoms with Gasteiger partial charge in [-0.05, 0) is 36.3 Å². The van der Waals surface area contributed by atoms with E-state index in [0.29, 0.717) is 11.3 Å². The molecule has 0 saturated heterocycles. The monoisotopic (exact) mass is 204 g/mol. The van der Waals surface area contributed by atoms with Crippen molar-refractivity contribution in [1.29, 1.82) is 0 Å². The molecular weight excluding hydrogens is 184 g/mol. The van der Waals surface area contributed by atoms with E-state index in [-0.39, 0.29) is 6.04 Å². The molecule has 2 rings (SSSR count). The molecule has 1 aromatic heterocycles. The van der Waals surface area contributed by atoms with Gasteiger partial charge in [-0.25, -0.2) is 0 Å². The maximum absolute atomic E-state index is 6.18. The highest BCUT2D eigenvalue weighted by atomic mass is 14.8. The second-order valence-electron chi connectivity index (χ2n) is 5.49. The van der Waals surface area contributed by atoms with Gasteiger partial charge < -0.3 is 5.73 Å². The van der Waals surface area contributed by atoms with Gasteiger partial charge >= 0.3 is 0 Å². The third kappa shape index (κ3) is 2.37. The lowest BCUT2D eigenvalue weighted by molar-refractivity contribution is 0.474. The molecule has 1 aliphatic rings. The Morgan fingerprint density at radius 2 is 2.20 bits per heavy atom. The first-order valence-electron chi connectivity index (χ1n) is 5.66. The summed E-state index contributed by atoms with van der Waals surface area (Å²) >= 11 is 0. The fourth-order valence-corrected chi connectivity index (χ4v) is 2.24. The van der Waals surface area contributed by atoms with E-state index >= 15 is 0 Å². The average Bonchev–Trinajstić information content (AvgIpc) is 2.79. The van der Waals surface area contributed by atoms with Gasteiger partial charge in [-0.15, -0.1) is 0 Å². The Morgan fingerprint density at radius 3 is 2.67 bits per heavy atom. The number of hydrogen-bond donors (Lipinski definition) is 1. The predicted octanol–water partition coefficient (Wildman–Crippen LogP) is 2.31. The van der Waals surface area contributed by atoms with Gasteiger partial charge in [0.15, 0.2) is 0 Å². The Hall–Kier alpha value is -0.890. The number of rotatable bonds is 3. The summed E-state index contributed by atoms with van der Waals surface area (Å²) < 4.78 is 0. The molecule has 1 aromatic rings. The Labute approximate surface area is 91.9 Å². The molecule has 15 heavy (non-hydrogen) atoms. The summed E-state index contributed by atoms with van der Waals surface area (Å²) in [5.41, 5.74) is 8.98. The van der Waals surface area contributed by atoms with Crippen molar-refractivity contribution in [3.63, 3.8) is 0 Å². The fourth-order valence-electron chi connectivity index (χ4n) is 2.24.